The predicted molar refractivity (Wildman–Crippen MR) is 89.6 cm³/mol. The number of halogens is 5. The molecule has 1 amide bonds. The molecule has 0 aliphatic heterocycles. The molecule has 3 aromatic rings. The third-order valence-electron chi connectivity index (χ3n) is 3.73. The molecule has 0 aliphatic carbocycles. The molecule has 28 heavy (non-hydrogen) atoms. The van der Waals surface area contributed by atoms with E-state index in [1.807, 2.05) is 0 Å². The van der Waals surface area contributed by atoms with Crippen LogP contribution in [0.4, 0.5) is 22.0 Å². The number of aromatic nitrogens is 1. The Bertz CT molecular complexity index is 1050. The van der Waals surface area contributed by atoms with Crippen molar-refractivity contribution in [1.29, 1.82) is 0 Å². The molecule has 3 rings (SSSR count). The van der Waals surface area contributed by atoms with Crippen molar-refractivity contribution in [3.8, 4) is 22.9 Å². The maximum Gasteiger partial charge on any atom is 0.416 e. The highest BCUT2D eigenvalue weighted by Crippen LogP contribution is 2.34. The van der Waals surface area contributed by atoms with Crippen LogP contribution in [0.1, 0.15) is 15.9 Å². The average molecular weight is 394 g/mol. The van der Waals surface area contributed by atoms with E-state index in [-0.39, 0.29) is 22.6 Å². The maximum atomic E-state index is 14.0. The second-order valence-corrected chi connectivity index (χ2v) is 5.64. The van der Waals surface area contributed by atoms with Gasteiger partial charge in [-0.15, -0.1) is 0 Å². The summed E-state index contributed by atoms with van der Waals surface area (Å²) in [7, 11) is 0. The summed E-state index contributed by atoms with van der Waals surface area (Å²) in [4.78, 5) is 15.5. The van der Waals surface area contributed by atoms with Gasteiger partial charge >= 0.3 is 6.18 Å². The topological polar surface area (TPSA) is 65.2 Å². The number of alkyl halides is 3. The summed E-state index contributed by atoms with van der Waals surface area (Å²) >= 11 is 0. The Morgan fingerprint density at radius 2 is 1.71 bits per heavy atom. The lowest BCUT2D eigenvalue weighted by molar-refractivity contribution is -0.137. The minimum atomic E-state index is -4.61. The Morgan fingerprint density at radius 1 is 1.00 bits per heavy atom. The number of ether oxygens (including phenoxy) is 1. The number of primary amides is 1. The van der Waals surface area contributed by atoms with Crippen LogP contribution in [-0.2, 0) is 6.18 Å². The van der Waals surface area contributed by atoms with E-state index in [0.29, 0.717) is 6.07 Å². The molecule has 4 nitrogen and oxygen atoms in total. The fraction of sp³-hybridized carbons (Fsp3) is 0.0526. The van der Waals surface area contributed by atoms with E-state index >= 15 is 0 Å². The monoisotopic (exact) mass is 394 g/mol. The summed E-state index contributed by atoms with van der Waals surface area (Å²) in [5.41, 5.74) is 3.71. The number of nitrogens with zero attached hydrogens (tertiary/aromatic N) is 1. The van der Waals surface area contributed by atoms with Crippen molar-refractivity contribution in [3.63, 3.8) is 0 Å². The molecule has 0 spiro atoms. The van der Waals surface area contributed by atoms with Gasteiger partial charge in [-0.3, -0.25) is 4.79 Å². The van der Waals surface area contributed by atoms with Gasteiger partial charge in [0.25, 0.3) is 5.91 Å². The molecule has 0 fully saturated rings. The highest BCUT2D eigenvalue weighted by atomic mass is 19.4. The number of amides is 1. The smallest absolute Gasteiger partial charge is 0.416 e. The van der Waals surface area contributed by atoms with E-state index in [1.54, 1.807) is 0 Å². The van der Waals surface area contributed by atoms with E-state index in [0.717, 1.165) is 24.3 Å². The zero-order chi connectivity index (χ0) is 20.5. The standard InChI is InChI=1S/C19H11F5N2O2/c20-14-6-2-5-12(16(14)21)15-8-7-13(17(25)27)18(26-15)28-11-4-1-3-10(9-11)19(22,23)24/h1-9H,(H2,25,27). The van der Waals surface area contributed by atoms with Crippen LogP contribution >= 0.6 is 0 Å². The van der Waals surface area contributed by atoms with Gasteiger partial charge in [-0.25, -0.2) is 13.8 Å². The van der Waals surface area contributed by atoms with Crippen LogP contribution in [0.15, 0.2) is 54.6 Å². The number of carbonyl (C=O) groups is 1. The molecule has 1 heterocycles. The van der Waals surface area contributed by atoms with Gasteiger partial charge in [0.1, 0.15) is 11.3 Å². The molecule has 144 valence electrons. The second-order valence-electron chi connectivity index (χ2n) is 5.64. The lowest BCUT2D eigenvalue weighted by Gasteiger charge is -2.12. The summed E-state index contributed by atoms with van der Waals surface area (Å²) in [6.45, 7) is 0. The maximum absolute atomic E-state index is 14.0. The van der Waals surface area contributed by atoms with Gasteiger partial charge in [0.05, 0.1) is 11.3 Å². The molecule has 0 radical (unpaired) electrons. The Kier molecular flexibility index (Phi) is 5.00. The van der Waals surface area contributed by atoms with Crippen molar-refractivity contribution in [2.24, 2.45) is 5.73 Å². The van der Waals surface area contributed by atoms with Gasteiger partial charge in [0.15, 0.2) is 11.6 Å². The van der Waals surface area contributed by atoms with Gasteiger partial charge in [0.2, 0.25) is 5.88 Å². The molecule has 9 heteroatoms. The Hall–Kier alpha value is -3.49. The van der Waals surface area contributed by atoms with E-state index < -0.39 is 35.2 Å². The average Bonchev–Trinajstić information content (AvgIpc) is 2.63. The number of carbonyl (C=O) groups excluding carboxylic acids is 1. The van der Waals surface area contributed by atoms with E-state index in [2.05, 4.69) is 4.98 Å². The fourth-order valence-electron chi connectivity index (χ4n) is 2.40. The molecular formula is C19H11F5N2O2. The number of hydrogen-bond acceptors (Lipinski definition) is 3. The fourth-order valence-corrected chi connectivity index (χ4v) is 2.40. The molecule has 2 aromatic carbocycles. The first-order chi connectivity index (χ1) is 13.2. The first kappa shape index (κ1) is 19.3. The number of benzene rings is 2. The van der Waals surface area contributed by atoms with Gasteiger partial charge in [-0.2, -0.15) is 13.2 Å². The van der Waals surface area contributed by atoms with Gasteiger partial charge in [0, 0.05) is 5.56 Å². The molecule has 0 saturated carbocycles. The van der Waals surface area contributed by atoms with Gasteiger partial charge < -0.3 is 10.5 Å². The summed E-state index contributed by atoms with van der Waals surface area (Å²) in [5.74, 6) is -3.94. The van der Waals surface area contributed by atoms with Gasteiger partial charge in [-0.1, -0.05) is 12.1 Å². The van der Waals surface area contributed by atoms with Crippen LogP contribution in [-0.4, -0.2) is 10.9 Å². The van der Waals surface area contributed by atoms with Crippen LogP contribution in [0.25, 0.3) is 11.3 Å². The normalized spacial score (nSPS) is 11.3. The van der Waals surface area contributed by atoms with Crippen molar-refractivity contribution in [2.45, 2.75) is 6.18 Å². The summed E-state index contributed by atoms with van der Waals surface area (Å²) in [5, 5.41) is 0. The largest absolute Gasteiger partial charge is 0.438 e. The van der Waals surface area contributed by atoms with Crippen molar-refractivity contribution in [3.05, 3.63) is 77.4 Å². The Labute approximate surface area is 155 Å². The third-order valence-corrected chi connectivity index (χ3v) is 3.73. The molecule has 0 atom stereocenters. The van der Waals surface area contributed by atoms with Crippen molar-refractivity contribution in [2.75, 3.05) is 0 Å². The van der Waals surface area contributed by atoms with Crippen LogP contribution in [0.5, 0.6) is 11.6 Å². The molecule has 1 aromatic heterocycles. The lowest BCUT2D eigenvalue weighted by Crippen LogP contribution is -2.13. The molecule has 2 N–H and O–H groups in total. The molecule has 0 bridgehead atoms. The third kappa shape index (κ3) is 3.93. The van der Waals surface area contributed by atoms with E-state index in [1.165, 1.54) is 24.3 Å². The van der Waals surface area contributed by atoms with Gasteiger partial charge in [-0.05, 0) is 42.5 Å². The van der Waals surface area contributed by atoms with Crippen LogP contribution in [0.2, 0.25) is 0 Å². The van der Waals surface area contributed by atoms with E-state index in [4.69, 9.17) is 10.5 Å². The predicted octanol–water partition coefficient (Wildman–Crippen LogP) is 4.94. The Balaban J connectivity index is 2.07. The highest BCUT2D eigenvalue weighted by Gasteiger charge is 2.30. The van der Waals surface area contributed by atoms with Crippen molar-refractivity contribution in [1.82, 2.24) is 4.98 Å². The molecule has 0 unspecified atom stereocenters. The molecule has 0 saturated heterocycles. The number of pyridine rings is 1. The quantitative estimate of drug-likeness (QED) is 0.638. The first-order valence-electron chi connectivity index (χ1n) is 7.77. The zero-order valence-corrected chi connectivity index (χ0v) is 13.9. The van der Waals surface area contributed by atoms with Crippen LogP contribution < -0.4 is 10.5 Å². The SMILES string of the molecule is NC(=O)c1ccc(-c2cccc(F)c2F)nc1Oc1cccc(C(F)(F)F)c1. The van der Waals surface area contributed by atoms with Crippen molar-refractivity contribution >= 4 is 5.91 Å². The number of nitrogens with two attached hydrogens (primary N) is 1. The number of hydrogen-bond donors (Lipinski definition) is 1. The minimum absolute atomic E-state index is 0.0935. The van der Waals surface area contributed by atoms with Crippen molar-refractivity contribution < 1.29 is 31.5 Å². The zero-order valence-electron chi connectivity index (χ0n) is 13.9. The summed E-state index contributed by atoms with van der Waals surface area (Å²) < 4.78 is 71.4. The molecular weight excluding hydrogens is 383 g/mol. The van der Waals surface area contributed by atoms with Crippen LogP contribution in [0, 0.1) is 11.6 Å². The number of rotatable bonds is 4. The Morgan fingerprint density at radius 3 is 2.39 bits per heavy atom. The van der Waals surface area contributed by atoms with Crippen LogP contribution in [0.3, 0.4) is 0 Å². The first-order valence-corrected chi connectivity index (χ1v) is 7.77. The summed E-state index contributed by atoms with van der Waals surface area (Å²) in [6, 6.07) is 9.68. The van der Waals surface area contributed by atoms with E-state index in [9.17, 15) is 26.7 Å². The lowest BCUT2D eigenvalue weighted by atomic mass is 10.1. The second kappa shape index (κ2) is 7.26. The minimum Gasteiger partial charge on any atom is -0.438 e. The highest BCUT2D eigenvalue weighted by molar-refractivity contribution is 5.95. The molecule has 0 aliphatic rings. The summed E-state index contributed by atoms with van der Waals surface area (Å²) in [6.07, 6.45) is -4.61.